The molecule has 0 spiro atoms. The summed E-state index contributed by atoms with van der Waals surface area (Å²) in [6.07, 6.45) is 5.81. The Hall–Kier alpha value is -1.40. The number of nitrogens with zero attached hydrogens (tertiary/aromatic N) is 1. The lowest BCUT2D eigenvalue weighted by atomic mass is 9.65. The third-order valence-electron chi connectivity index (χ3n) is 5.75. The first-order chi connectivity index (χ1) is 10.8. The molecule has 23 heavy (non-hydrogen) atoms. The molecule has 1 amide bonds. The molecule has 0 bridgehead atoms. The van der Waals surface area contributed by atoms with Crippen molar-refractivity contribution in [1.29, 1.82) is 0 Å². The molecule has 0 aliphatic carbocycles. The lowest BCUT2D eigenvalue weighted by Gasteiger charge is -2.55. The number of aliphatic carboxylic acids is 1. The molecule has 0 radical (unpaired) electrons. The first-order valence-corrected chi connectivity index (χ1v) is 8.47. The molecule has 0 aromatic heterocycles. The zero-order valence-corrected chi connectivity index (χ0v) is 14.6. The minimum Gasteiger partial charge on any atom is -0.478 e. The summed E-state index contributed by atoms with van der Waals surface area (Å²) in [4.78, 5) is 22.6. The molecule has 0 saturated carbocycles. The fraction of sp³-hybridized carbons (Fsp3) is 0.765. The highest BCUT2D eigenvalue weighted by Gasteiger charge is 2.50. The lowest BCUT2D eigenvalue weighted by molar-refractivity contribution is -0.230. The van der Waals surface area contributed by atoms with Crippen molar-refractivity contribution >= 4 is 11.9 Å². The predicted octanol–water partition coefficient (Wildman–Crippen LogP) is 2.57. The number of carboxylic acid groups (broad SMARTS) is 1. The van der Waals surface area contributed by atoms with Crippen molar-refractivity contribution in [1.82, 2.24) is 10.4 Å². The maximum absolute atomic E-state index is 12.1. The van der Waals surface area contributed by atoms with Crippen molar-refractivity contribution in [3.63, 3.8) is 0 Å². The Morgan fingerprint density at radius 1 is 1.13 bits per heavy atom. The molecule has 0 aromatic rings. The minimum absolute atomic E-state index is 0.0910. The van der Waals surface area contributed by atoms with E-state index in [1.807, 2.05) is 13.8 Å². The van der Waals surface area contributed by atoms with Gasteiger partial charge in [-0.1, -0.05) is 27.7 Å². The highest BCUT2D eigenvalue weighted by atomic mass is 16.5. The van der Waals surface area contributed by atoms with Gasteiger partial charge in [-0.25, -0.2) is 4.79 Å². The Bertz CT molecular complexity index is 454. The van der Waals surface area contributed by atoms with Crippen LogP contribution < -0.4 is 5.32 Å². The highest BCUT2D eigenvalue weighted by molar-refractivity contribution is 5.94. The van der Waals surface area contributed by atoms with Crippen molar-refractivity contribution in [3.05, 3.63) is 12.2 Å². The summed E-state index contributed by atoms with van der Waals surface area (Å²) in [5.41, 5.74) is -0.558. The van der Waals surface area contributed by atoms with Gasteiger partial charge in [-0.15, -0.1) is 0 Å². The van der Waals surface area contributed by atoms with E-state index in [0.29, 0.717) is 13.0 Å². The summed E-state index contributed by atoms with van der Waals surface area (Å²) in [5, 5.41) is 23.7. The fourth-order valence-corrected chi connectivity index (χ4v) is 3.72. The number of carbonyl (C=O) groups is 2. The van der Waals surface area contributed by atoms with Gasteiger partial charge in [-0.2, -0.15) is 5.06 Å². The van der Waals surface area contributed by atoms with E-state index in [-0.39, 0.29) is 17.0 Å². The second-order valence-corrected chi connectivity index (χ2v) is 6.50. The van der Waals surface area contributed by atoms with E-state index in [1.54, 1.807) is 0 Å². The number of hydroxylamine groups is 2. The van der Waals surface area contributed by atoms with Crippen LogP contribution >= 0.6 is 0 Å². The average Bonchev–Trinajstić information content (AvgIpc) is 2.54. The number of carboxylic acids is 1. The van der Waals surface area contributed by atoms with Gasteiger partial charge in [0.2, 0.25) is 5.91 Å². The van der Waals surface area contributed by atoms with Crippen LogP contribution in [0.15, 0.2) is 12.2 Å². The van der Waals surface area contributed by atoms with Gasteiger partial charge in [0, 0.05) is 35.7 Å². The van der Waals surface area contributed by atoms with Gasteiger partial charge in [-0.05, 0) is 32.1 Å². The van der Waals surface area contributed by atoms with Crippen LogP contribution in [-0.2, 0) is 9.59 Å². The molecule has 3 N–H and O–H groups in total. The van der Waals surface area contributed by atoms with Gasteiger partial charge in [0.1, 0.15) is 0 Å². The molecule has 132 valence electrons. The third kappa shape index (κ3) is 4.12. The van der Waals surface area contributed by atoms with Crippen molar-refractivity contribution in [2.24, 2.45) is 5.41 Å². The molecule has 1 fully saturated rings. The number of nitrogens with one attached hydrogen (secondary N) is 1. The summed E-state index contributed by atoms with van der Waals surface area (Å²) in [5.74, 6) is -1.53. The van der Waals surface area contributed by atoms with Crippen LogP contribution in [0.25, 0.3) is 0 Å². The monoisotopic (exact) mass is 326 g/mol. The summed E-state index contributed by atoms with van der Waals surface area (Å²) >= 11 is 0. The SMILES string of the molecule is CCC1(CC)CN(O)C(CC)(CC)CC1NC(=O)C=CC(=O)O. The van der Waals surface area contributed by atoms with Crippen molar-refractivity contribution < 1.29 is 19.9 Å². The Kier molecular flexibility index (Phi) is 6.77. The quantitative estimate of drug-likeness (QED) is 0.626. The second kappa shape index (κ2) is 7.93. The molecule has 6 nitrogen and oxygen atoms in total. The molecular weight excluding hydrogens is 296 g/mol. The maximum Gasteiger partial charge on any atom is 0.328 e. The number of carbonyl (C=O) groups excluding carboxylic acids is 1. The molecular formula is C17H30N2O4. The molecule has 1 aliphatic heterocycles. The van der Waals surface area contributed by atoms with E-state index in [0.717, 1.165) is 37.8 Å². The molecule has 1 saturated heterocycles. The zero-order valence-electron chi connectivity index (χ0n) is 14.6. The fourth-order valence-electron chi connectivity index (χ4n) is 3.72. The summed E-state index contributed by atoms with van der Waals surface area (Å²) in [7, 11) is 0. The topological polar surface area (TPSA) is 89.9 Å². The second-order valence-electron chi connectivity index (χ2n) is 6.50. The first kappa shape index (κ1) is 19.6. The standard InChI is InChI=1S/C17H30N2O4/c1-5-16(6-2)12-19(23)17(7-3,8-4)11-13(16)18-14(20)9-10-15(21)22/h9-10,13,23H,5-8,11-12H2,1-4H3,(H,18,20)(H,21,22). The highest BCUT2D eigenvalue weighted by Crippen LogP contribution is 2.44. The smallest absolute Gasteiger partial charge is 0.328 e. The van der Waals surface area contributed by atoms with Crippen LogP contribution in [0.5, 0.6) is 0 Å². The molecule has 6 heteroatoms. The maximum atomic E-state index is 12.1. The number of amides is 1. The van der Waals surface area contributed by atoms with E-state index in [9.17, 15) is 14.8 Å². The van der Waals surface area contributed by atoms with Crippen LogP contribution in [0.4, 0.5) is 0 Å². The average molecular weight is 326 g/mol. The van der Waals surface area contributed by atoms with Crippen LogP contribution in [0.3, 0.4) is 0 Å². The molecule has 0 aromatic carbocycles. The van der Waals surface area contributed by atoms with Gasteiger partial charge in [0.25, 0.3) is 0 Å². The van der Waals surface area contributed by atoms with Crippen LogP contribution in [0.2, 0.25) is 0 Å². The van der Waals surface area contributed by atoms with Gasteiger partial charge < -0.3 is 15.6 Å². The van der Waals surface area contributed by atoms with E-state index in [2.05, 4.69) is 19.2 Å². The molecule has 1 aliphatic rings. The third-order valence-corrected chi connectivity index (χ3v) is 5.75. The predicted molar refractivity (Wildman–Crippen MR) is 88.1 cm³/mol. The van der Waals surface area contributed by atoms with Crippen molar-refractivity contribution in [3.8, 4) is 0 Å². The largest absolute Gasteiger partial charge is 0.478 e. The van der Waals surface area contributed by atoms with Crippen LogP contribution in [0.1, 0.15) is 59.8 Å². The molecule has 1 atom stereocenters. The Labute approximate surface area is 138 Å². The number of hydrogen-bond acceptors (Lipinski definition) is 4. The normalized spacial score (nSPS) is 23.8. The van der Waals surface area contributed by atoms with Crippen molar-refractivity contribution in [2.45, 2.75) is 71.4 Å². The van der Waals surface area contributed by atoms with E-state index >= 15 is 0 Å². The number of hydrogen-bond donors (Lipinski definition) is 3. The summed E-state index contributed by atoms with van der Waals surface area (Å²) in [6, 6.07) is -0.0910. The van der Waals surface area contributed by atoms with Gasteiger partial charge in [-0.3, -0.25) is 4.79 Å². The van der Waals surface area contributed by atoms with Gasteiger partial charge in [0.05, 0.1) is 0 Å². The first-order valence-electron chi connectivity index (χ1n) is 8.47. The lowest BCUT2D eigenvalue weighted by Crippen LogP contribution is -2.65. The Morgan fingerprint density at radius 2 is 1.70 bits per heavy atom. The number of piperidine rings is 1. The number of rotatable bonds is 7. The Balaban J connectivity index is 3.05. The van der Waals surface area contributed by atoms with Crippen LogP contribution in [0, 0.1) is 5.41 Å². The van der Waals surface area contributed by atoms with Gasteiger partial charge in [0.15, 0.2) is 0 Å². The molecule has 1 rings (SSSR count). The van der Waals surface area contributed by atoms with Crippen molar-refractivity contribution in [2.75, 3.05) is 6.54 Å². The Morgan fingerprint density at radius 3 is 2.13 bits per heavy atom. The molecule has 1 unspecified atom stereocenters. The molecule has 1 heterocycles. The van der Waals surface area contributed by atoms with Gasteiger partial charge >= 0.3 is 5.97 Å². The van der Waals surface area contributed by atoms with E-state index in [1.165, 1.54) is 5.06 Å². The van der Waals surface area contributed by atoms with E-state index < -0.39 is 11.9 Å². The van der Waals surface area contributed by atoms with Crippen LogP contribution in [-0.4, -0.2) is 45.4 Å². The summed E-state index contributed by atoms with van der Waals surface area (Å²) < 4.78 is 0. The zero-order chi connectivity index (χ0) is 17.7. The van der Waals surface area contributed by atoms with E-state index in [4.69, 9.17) is 5.11 Å². The minimum atomic E-state index is -1.14. The summed E-state index contributed by atoms with van der Waals surface area (Å²) in [6.45, 7) is 8.72.